The van der Waals surface area contributed by atoms with Crippen molar-refractivity contribution in [1.82, 2.24) is 14.5 Å². The normalized spacial score (nSPS) is 11.9. The predicted molar refractivity (Wildman–Crippen MR) is 169 cm³/mol. The molecule has 6 aromatic carbocycles. The van der Waals surface area contributed by atoms with E-state index >= 15 is 0 Å². The molecule has 1 aliphatic carbocycles. The molecule has 0 unspecified atom stereocenters. The summed E-state index contributed by atoms with van der Waals surface area (Å²) in [6.45, 7) is 0. The van der Waals surface area contributed by atoms with E-state index in [0.717, 1.165) is 27.8 Å². The number of aromatic nitrogens is 3. The van der Waals surface area contributed by atoms with E-state index in [1.807, 2.05) is 0 Å². The summed E-state index contributed by atoms with van der Waals surface area (Å²) in [5, 5.41) is 2.51. The second-order valence-corrected chi connectivity index (χ2v) is 10.6. The summed E-state index contributed by atoms with van der Waals surface area (Å²) in [5.41, 5.74) is 14.9. The van der Waals surface area contributed by atoms with Gasteiger partial charge in [-0.05, 0) is 57.6 Å². The van der Waals surface area contributed by atoms with Crippen LogP contribution in [0.25, 0.3) is 83.0 Å². The first-order chi connectivity index (χ1) is 20.4. The van der Waals surface area contributed by atoms with Gasteiger partial charge in [0.1, 0.15) is 0 Å². The van der Waals surface area contributed by atoms with Crippen molar-refractivity contribution in [2.45, 2.75) is 0 Å². The SMILES string of the molecule is c1ccc2c(c1)-c1ccccc1-c1c(ccc3nccnc13)-c1cccc(-n3c4ccccc4c4ccccc43)c1-2. The smallest absolute Gasteiger partial charge is 0.0971 e. The lowest BCUT2D eigenvalue weighted by molar-refractivity contribution is 1.18. The van der Waals surface area contributed by atoms with Gasteiger partial charge in [0, 0.05) is 34.3 Å². The van der Waals surface area contributed by atoms with Gasteiger partial charge >= 0.3 is 0 Å². The van der Waals surface area contributed by atoms with Crippen molar-refractivity contribution >= 4 is 32.8 Å². The van der Waals surface area contributed by atoms with Crippen LogP contribution in [0.15, 0.2) is 140 Å². The third-order valence-electron chi connectivity index (χ3n) is 8.48. The Balaban J connectivity index is 1.51. The van der Waals surface area contributed by atoms with E-state index in [1.165, 1.54) is 55.2 Å². The fourth-order valence-electron chi connectivity index (χ4n) is 6.82. The Hall–Kier alpha value is -5.54. The summed E-state index contributed by atoms with van der Waals surface area (Å²) in [4.78, 5) is 9.56. The van der Waals surface area contributed by atoms with Gasteiger partial charge in [0.25, 0.3) is 0 Å². The van der Waals surface area contributed by atoms with Crippen LogP contribution < -0.4 is 0 Å². The first-order valence-corrected chi connectivity index (χ1v) is 13.9. The second-order valence-electron chi connectivity index (χ2n) is 10.6. The van der Waals surface area contributed by atoms with E-state index in [1.54, 1.807) is 12.4 Å². The zero-order chi connectivity index (χ0) is 26.9. The van der Waals surface area contributed by atoms with Crippen molar-refractivity contribution in [3.63, 3.8) is 0 Å². The van der Waals surface area contributed by atoms with Gasteiger partial charge in [-0.15, -0.1) is 0 Å². The van der Waals surface area contributed by atoms with Crippen molar-refractivity contribution in [2.75, 3.05) is 0 Å². The van der Waals surface area contributed by atoms with Gasteiger partial charge in [0.2, 0.25) is 0 Å². The highest BCUT2D eigenvalue weighted by Crippen LogP contribution is 2.51. The first-order valence-electron chi connectivity index (χ1n) is 13.9. The maximum Gasteiger partial charge on any atom is 0.0971 e. The lowest BCUT2D eigenvalue weighted by atomic mass is 9.80. The van der Waals surface area contributed by atoms with Crippen LogP contribution in [0.3, 0.4) is 0 Å². The van der Waals surface area contributed by atoms with E-state index < -0.39 is 0 Å². The van der Waals surface area contributed by atoms with Crippen molar-refractivity contribution in [3.8, 4) is 50.2 Å². The molecule has 0 N–H and O–H groups in total. The van der Waals surface area contributed by atoms with E-state index in [2.05, 4.69) is 137 Å². The fraction of sp³-hybridized carbons (Fsp3) is 0. The van der Waals surface area contributed by atoms with Crippen LogP contribution >= 0.6 is 0 Å². The summed E-state index contributed by atoms with van der Waals surface area (Å²) in [7, 11) is 0. The molecular formula is C38H23N3. The Labute approximate surface area is 237 Å². The number of nitrogens with zero attached hydrogens (tertiary/aromatic N) is 3. The summed E-state index contributed by atoms with van der Waals surface area (Å²) in [6.07, 6.45) is 3.57. The number of hydrogen-bond acceptors (Lipinski definition) is 2. The lowest BCUT2D eigenvalue weighted by Gasteiger charge is -2.26. The highest BCUT2D eigenvalue weighted by Gasteiger charge is 2.26. The third-order valence-corrected chi connectivity index (χ3v) is 8.48. The molecule has 3 nitrogen and oxygen atoms in total. The molecule has 41 heavy (non-hydrogen) atoms. The summed E-state index contributed by atoms with van der Waals surface area (Å²) in [6, 6.07) is 46.0. The van der Waals surface area contributed by atoms with Gasteiger partial charge in [-0.1, -0.05) is 103 Å². The molecule has 0 spiro atoms. The fourth-order valence-corrected chi connectivity index (χ4v) is 6.82. The summed E-state index contributed by atoms with van der Waals surface area (Å²) in [5.74, 6) is 0. The molecule has 0 aliphatic heterocycles. The number of hydrogen-bond donors (Lipinski definition) is 0. The largest absolute Gasteiger partial charge is 0.309 e. The van der Waals surface area contributed by atoms with E-state index in [9.17, 15) is 0 Å². The minimum atomic E-state index is 0.898. The quantitative estimate of drug-likeness (QED) is 0.215. The van der Waals surface area contributed by atoms with Crippen LogP contribution in [0.2, 0.25) is 0 Å². The van der Waals surface area contributed by atoms with E-state index in [-0.39, 0.29) is 0 Å². The van der Waals surface area contributed by atoms with Crippen molar-refractivity contribution < 1.29 is 0 Å². The van der Waals surface area contributed by atoms with Crippen molar-refractivity contribution in [3.05, 3.63) is 140 Å². The minimum Gasteiger partial charge on any atom is -0.309 e. The van der Waals surface area contributed by atoms with Gasteiger partial charge in [-0.3, -0.25) is 9.97 Å². The number of benzene rings is 6. The molecule has 8 aromatic rings. The molecule has 0 saturated heterocycles. The highest BCUT2D eigenvalue weighted by atomic mass is 15.0. The molecule has 0 radical (unpaired) electrons. The van der Waals surface area contributed by atoms with Gasteiger partial charge in [0.15, 0.2) is 0 Å². The van der Waals surface area contributed by atoms with Crippen molar-refractivity contribution in [2.24, 2.45) is 0 Å². The van der Waals surface area contributed by atoms with Crippen LogP contribution in [-0.2, 0) is 0 Å². The molecule has 2 aromatic heterocycles. The predicted octanol–water partition coefficient (Wildman–Crippen LogP) is 9.71. The van der Waals surface area contributed by atoms with Gasteiger partial charge in [-0.25, -0.2) is 0 Å². The van der Waals surface area contributed by atoms with Gasteiger partial charge in [0.05, 0.1) is 27.8 Å². The topological polar surface area (TPSA) is 30.7 Å². The molecule has 0 bridgehead atoms. The lowest BCUT2D eigenvalue weighted by Crippen LogP contribution is -2.03. The summed E-state index contributed by atoms with van der Waals surface area (Å²) < 4.78 is 2.44. The molecule has 3 heteroatoms. The van der Waals surface area contributed by atoms with E-state index in [4.69, 9.17) is 4.98 Å². The number of fused-ring (bicyclic) bond motifs is 13. The molecule has 9 rings (SSSR count). The standard InChI is InChI=1S/C38H23N3/c1-3-14-28-24(10-1)25-11-2-4-15-29(25)37-31(20-21-32-38(37)40-23-22-39-32)30-16-9-19-35(36(28)30)41-33-17-7-5-12-26(33)27-13-6-8-18-34(27)41/h1-23H. The molecule has 0 amide bonds. The molecule has 2 heterocycles. The van der Waals surface area contributed by atoms with E-state index in [0.29, 0.717) is 0 Å². The van der Waals surface area contributed by atoms with Gasteiger partial charge in [-0.2, -0.15) is 0 Å². The van der Waals surface area contributed by atoms with Gasteiger partial charge < -0.3 is 4.57 Å². The number of rotatable bonds is 1. The minimum absolute atomic E-state index is 0.898. The molecule has 0 saturated carbocycles. The zero-order valence-electron chi connectivity index (χ0n) is 22.1. The molecule has 1 aliphatic rings. The zero-order valence-corrected chi connectivity index (χ0v) is 22.1. The average Bonchev–Trinajstić information content (AvgIpc) is 3.37. The Morgan fingerprint density at radius 3 is 1.63 bits per heavy atom. The van der Waals surface area contributed by atoms with Crippen LogP contribution in [0.5, 0.6) is 0 Å². The molecule has 190 valence electrons. The van der Waals surface area contributed by atoms with Crippen molar-refractivity contribution in [1.29, 1.82) is 0 Å². The summed E-state index contributed by atoms with van der Waals surface area (Å²) >= 11 is 0. The molecular weight excluding hydrogens is 498 g/mol. The Morgan fingerprint density at radius 1 is 0.390 bits per heavy atom. The Bertz CT molecular complexity index is 2270. The van der Waals surface area contributed by atoms with Crippen LogP contribution in [0.4, 0.5) is 0 Å². The highest BCUT2D eigenvalue weighted by molar-refractivity contribution is 6.13. The maximum atomic E-state index is 4.88. The number of para-hydroxylation sites is 2. The molecule has 0 fully saturated rings. The van der Waals surface area contributed by atoms with Crippen LogP contribution in [0, 0.1) is 0 Å². The maximum absolute atomic E-state index is 4.88. The van der Waals surface area contributed by atoms with Crippen LogP contribution in [-0.4, -0.2) is 14.5 Å². The van der Waals surface area contributed by atoms with Crippen LogP contribution in [0.1, 0.15) is 0 Å². The first kappa shape index (κ1) is 22.3. The third kappa shape index (κ3) is 3.09. The monoisotopic (exact) mass is 521 g/mol. The Kier molecular flexibility index (Phi) is 4.61. The Morgan fingerprint density at radius 2 is 0.927 bits per heavy atom. The molecule has 0 atom stereocenters. The second kappa shape index (κ2) is 8.48. The average molecular weight is 522 g/mol.